The van der Waals surface area contributed by atoms with Crippen LogP contribution in [0.1, 0.15) is 16.0 Å². The van der Waals surface area contributed by atoms with Gasteiger partial charge in [-0.1, -0.05) is 12.1 Å². The number of carbonyl (C=O) groups excluding carboxylic acids is 2. The van der Waals surface area contributed by atoms with Crippen molar-refractivity contribution >= 4 is 28.7 Å². The van der Waals surface area contributed by atoms with E-state index in [9.17, 15) is 9.59 Å². The van der Waals surface area contributed by atoms with E-state index in [1.807, 2.05) is 48.4 Å². The molecule has 2 heterocycles. The van der Waals surface area contributed by atoms with Gasteiger partial charge in [0.15, 0.2) is 0 Å². The lowest BCUT2D eigenvalue weighted by molar-refractivity contribution is -0.138. The molecular formula is C24H30N2O5S. The number of aryl methyl sites for hydroxylation is 2. The normalized spacial score (nSPS) is 13.9. The van der Waals surface area contributed by atoms with E-state index in [-0.39, 0.29) is 25.0 Å². The molecule has 172 valence electrons. The Morgan fingerprint density at radius 2 is 1.59 bits per heavy atom. The predicted molar refractivity (Wildman–Crippen MR) is 125 cm³/mol. The largest absolute Gasteiger partial charge is 0.492 e. The van der Waals surface area contributed by atoms with Crippen molar-refractivity contribution < 1.29 is 23.8 Å². The zero-order valence-corrected chi connectivity index (χ0v) is 19.9. The van der Waals surface area contributed by atoms with Gasteiger partial charge in [0.05, 0.1) is 25.3 Å². The van der Waals surface area contributed by atoms with Gasteiger partial charge in [0.2, 0.25) is 0 Å². The molecule has 0 saturated heterocycles. The first-order chi connectivity index (χ1) is 15.5. The number of ether oxygens (including phenoxy) is 3. The molecule has 1 aliphatic rings. The Bertz CT molecular complexity index is 943. The number of thiophene rings is 1. The molecule has 1 aliphatic heterocycles. The lowest BCUT2D eigenvalue weighted by Gasteiger charge is -2.25. The van der Waals surface area contributed by atoms with Crippen LogP contribution in [-0.2, 0) is 19.1 Å². The van der Waals surface area contributed by atoms with Gasteiger partial charge in [0.1, 0.15) is 18.1 Å². The third-order valence-corrected chi connectivity index (χ3v) is 6.02. The number of nitrogens with zero attached hydrogens (tertiary/aromatic N) is 2. The van der Waals surface area contributed by atoms with Gasteiger partial charge in [-0.15, -0.1) is 11.3 Å². The van der Waals surface area contributed by atoms with Gasteiger partial charge >= 0.3 is 0 Å². The monoisotopic (exact) mass is 458 g/mol. The minimum atomic E-state index is -0.311. The summed E-state index contributed by atoms with van der Waals surface area (Å²) in [5, 5.41) is 1.90. The highest BCUT2D eigenvalue weighted by atomic mass is 32.1. The molecule has 0 spiro atoms. The van der Waals surface area contributed by atoms with Gasteiger partial charge in [0, 0.05) is 32.2 Å². The van der Waals surface area contributed by atoms with E-state index in [4.69, 9.17) is 14.2 Å². The van der Waals surface area contributed by atoms with E-state index in [2.05, 4.69) is 6.07 Å². The summed E-state index contributed by atoms with van der Waals surface area (Å²) in [5.74, 6) is 0.126. The Kier molecular flexibility index (Phi) is 8.44. The highest BCUT2D eigenvalue weighted by Gasteiger charge is 2.41. The molecule has 7 nitrogen and oxygen atoms in total. The van der Waals surface area contributed by atoms with Crippen LogP contribution in [0.3, 0.4) is 0 Å². The van der Waals surface area contributed by atoms with Crippen molar-refractivity contribution in [1.29, 1.82) is 0 Å². The zero-order chi connectivity index (χ0) is 23.1. The number of carbonyl (C=O) groups is 2. The van der Waals surface area contributed by atoms with Crippen LogP contribution in [0.4, 0.5) is 0 Å². The number of methoxy groups -OCH3 is 2. The maximum absolute atomic E-state index is 13.4. The predicted octanol–water partition coefficient (Wildman–Crippen LogP) is 3.12. The summed E-state index contributed by atoms with van der Waals surface area (Å²) in [6.07, 6.45) is 0. The van der Waals surface area contributed by atoms with E-state index in [1.165, 1.54) is 16.2 Å². The Balaban J connectivity index is 1.81. The molecule has 0 N–H and O–H groups in total. The lowest BCUT2D eigenvalue weighted by atomic mass is 10.1. The minimum Gasteiger partial charge on any atom is -0.492 e. The second kappa shape index (κ2) is 11.3. The molecule has 8 heteroatoms. The Labute approximate surface area is 193 Å². The van der Waals surface area contributed by atoms with Crippen LogP contribution < -0.4 is 4.74 Å². The number of benzene rings is 1. The number of hydrogen-bond acceptors (Lipinski definition) is 7. The van der Waals surface area contributed by atoms with Gasteiger partial charge in [0.25, 0.3) is 11.8 Å². The standard InChI is InChI=1S/C24H30N2O5S/c1-17-14-18(2)16-19(15-17)31-12-9-26-23(27)21(20-6-5-13-32-20)22(24(26)28)25(7-10-29-3)8-11-30-4/h5-6,13-16H,7-12H2,1-4H3. The Hall–Kier alpha value is -2.68. The molecular weight excluding hydrogens is 428 g/mol. The number of amides is 2. The van der Waals surface area contributed by atoms with Crippen molar-refractivity contribution in [2.75, 3.05) is 53.7 Å². The molecule has 0 aliphatic carbocycles. The van der Waals surface area contributed by atoms with E-state index < -0.39 is 0 Å². The van der Waals surface area contributed by atoms with Crippen LogP contribution >= 0.6 is 11.3 Å². The highest BCUT2D eigenvalue weighted by Crippen LogP contribution is 2.33. The van der Waals surface area contributed by atoms with Crippen molar-refractivity contribution in [3.05, 3.63) is 57.4 Å². The maximum Gasteiger partial charge on any atom is 0.278 e. The first-order valence-electron chi connectivity index (χ1n) is 10.5. The van der Waals surface area contributed by atoms with Crippen molar-refractivity contribution in [1.82, 2.24) is 9.80 Å². The van der Waals surface area contributed by atoms with E-state index in [0.717, 1.165) is 21.8 Å². The van der Waals surface area contributed by atoms with Crippen LogP contribution in [0.5, 0.6) is 5.75 Å². The fourth-order valence-corrected chi connectivity index (χ4v) is 4.47. The minimum absolute atomic E-state index is 0.172. The number of rotatable bonds is 12. The van der Waals surface area contributed by atoms with E-state index in [1.54, 1.807) is 14.2 Å². The van der Waals surface area contributed by atoms with Crippen LogP contribution in [0.25, 0.3) is 5.57 Å². The number of hydrogen-bond donors (Lipinski definition) is 0. The second-order valence-electron chi connectivity index (χ2n) is 7.61. The molecule has 0 fully saturated rings. The molecule has 3 rings (SSSR count). The molecule has 0 radical (unpaired) electrons. The van der Waals surface area contributed by atoms with Gasteiger partial charge < -0.3 is 19.1 Å². The third-order valence-electron chi connectivity index (χ3n) is 5.14. The summed E-state index contributed by atoms with van der Waals surface area (Å²) in [6, 6.07) is 9.70. The molecule has 0 atom stereocenters. The Morgan fingerprint density at radius 1 is 0.938 bits per heavy atom. The molecule has 1 aromatic heterocycles. The summed E-state index contributed by atoms with van der Waals surface area (Å²) in [5.41, 5.74) is 3.04. The number of imide groups is 1. The van der Waals surface area contributed by atoms with Crippen LogP contribution in [0.2, 0.25) is 0 Å². The summed E-state index contributed by atoms with van der Waals surface area (Å²) in [7, 11) is 3.22. The van der Waals surface area contributed by atoms with Gasteiger partial charge in [-0.05, 0) is 48.6 Å². The quantitative estimate of drug-likeness (QED) is 0.455. The topological polar surface area (TPSA) is 68.3 Å². The summed E-state index contributed by atoms with van der Waals surface area (Å²) in [6.45, 7) is 6.24. The summed E-state index contributed by atoms with van der Waals surface area (Å²) >= 11 is 1.44. The molecule has 2 aromatic rings. The third kappa shape index (κ3) is 5.56. The Morgan fingerprint density at radius 3 is 2.16 bits per heavy atom. The lowest BCUT2D eigenvalue weighted by Crippen LogP contribution is -2.39. The average molecular weight is 459 g/mol. The van der Waals surface area contributed by atoms with Crippen LogP contribution in [0.15, 0.2) is 41.4 Å². The van der Waals surface area contributed by atoms with E-state index >= 15 is 0 Å². The van der Waals surface area contributed by atoms with Crippen molar-refractivity contribution in [2.45, 2.75) is 13.8 Å². The molecule has 0 saturated carbocycles. The molecule has 1 aromatic carbocycles. The first kappa shape index (κ1) is 24.0. The van der Waals surface area contributed by atoms with Crippen molar-refractivity contribution in [3.63, 3.8) is 0 Å². The van der Waals surface area contributed by atoms with Crippen molar-refractivity contribution in [2.24, 2.45) is 0 Å². The van der Waals surface area contributed by atoms with Crippen LogP contribution in [0, 0.1) is 13.8 Å². The molecule has 0 bridgehead atoms. The first-order valence-corrected chi connectivity index (χ1v) is 11.4. The van der Waals surface area contributed by atoms with Gasteiger partial charge in [-0.25, -0.2) is 0 Å². The maximum atomic E-state index is 13.4. The fourth-order valence-electron chi connectivity index (χ4n) is 3.71. The van der Waals surface area contributed by atoms with Crippen LogP contribution in [-0.4, -0.2) is 75.3 Å². The second-order valence-corrected chi connectivity index (χ2v) is 8.56. The zero-order valence-electron chi connectivity index (χ0n) is 19.1. The molecule has 32 heavy (non-hydrogen) atoms. The summed E-state index contributed by atoms with van der Waals surface area (Å²) in [4.78, 5) is 30.7. The SMILES string of the molecule is COCCN(CCOC)C1=C(c2cccs2)C(=O)N(CCOc2cc(C)cc(C)c2)C1=O. The molecule has 2 amide bonds. The fraction of sp³-hybridized carbons (Fsp3) is 0.417. The smallest absolute Gasteiger partial charge is 0.278 e. The van der Waals surface area contributed by atoms with E-state index in [0.29, 0.717) is 37.6 Å². The van der Waals surface area contributed by atoms with Gasteiger partial charge in [-0.2, -0.15) is 0 Å². The summed E-state index contributed by atoms with van der Waals surface area (Å²) < 4.78 is 16.3. The highest BCUT2D eigenvalue weighted by molar-refractivity contribution is 7.11. The van der Waals surface area contributed by atoms with Crippen molar-refractivity contribution in [3.8, 4) is 5.75 Å². The molecule has 0 unspecified atom stereocenters. The van der Waals surface area contributed by atoms with Gasteiger partial charge in [-0.3, -0.25) is 14.5 Å². The average Bonchev–Trinajstić information content (AvgIpc) is 3.35.